The molecule has 0 radical (unpaired) electrons. The summed E-state index contributed by atoms with van der Waals surface area (Å²) in [5.41, 5.74) is 1.68. The maximum Gasteiger partial charge on any atom is 0.333 e. The highest BCUT2D eigenvalue weighted by Gasteiger charge is 2.02. The lowest BCUT2D eigenvalue weighted by Gasteiger charge is -2.04. The van der Waals surface area contributed by atoms with Crippen LogP contribution < -0.4 is 0 Å². The summed E-state index contributed by atoms with van der Waals surface area (Å²) in [6.07, 6.45) is 1.73. The number of rotatable bonds is 5. The standard InChI is InChI=1S/C13H15BrO2/c1-10(2)13(15)16-8-4-6-11-5-3-7-12(14)9-11/h3,5,7,9H,1,4,6,8H2,2H3. The first-order valence-electron chi connectivity index (χ1n) is 5.16. The molecule has 0 heterocycles. The number of hydrogen-bond donors (Lipinski definition) is 0. The summed E-state index contributed by atoms with van der Waals surface area (Å²) in [7, 11) is 0. The zero-order valence-electron chi connectivity index (χ0n) is 9.33. The van der Waals surface area contributed by atoms with Crippen molar-refractivity contribution >= 4 is 21.9 Å². The van der Waals surface area contributed by atoms with Crippen LogP contribution in [0.1, 0.15) is 18.9 Å². The van der Waals surface area contributed by atoms with Crippen molar-refractivity contribution in [2.75, 3.05) is 6.61 Å². The fraction of sp³-hybridized carbons (Fsp3) is 0.308. The van der Waals surface area contributed by atoms with Crippen LogP contribution in [0.25, 0.3) is 0 Å². The average molecular weight is 283 g/mol. The molecule has 1 aromatic rings. The van der Waals surface area contributed by atoms with Crippen molar-refractivity contribution in [3.63, 3.8) is 0 Å². The molecule has 0 saturated carbocycles. The van der Waals surface area contributed by atoms with E-state index >= 15 is 0 Å². The zero-order chi connectivity index (χ0) is 12.0. The van der Waals surface area contributed by atoms with Crippen molar-refractivity contribution in [3.8, 4) is 0 Å². The second kappa shape index (κ2) is 6.48. The smallest absolute Gasteiger partial charge is 0.333 e. The van der Waals surface area contributed by atoms with Gasteiger partial charge in [-0.3, -0.25) is 0 Å². The van der Waals surface area contributed by atoms with E-state index in [1.807, 2.05) is 12.1 Å². The van der Waals surface area contributed by atoms with E-state index in [1.165, 1.54) is 5.56 Å². The van der Waals surface area contributed by atoms with Gasteiger partial charge in [0.25, 0.3) is 0 Å². The lowest BCUT2D eigenvalue weighted by Crippen LogP contribution is -2.06. The maximum atomic E-state index is 11.1. The molecule has 0 saturated heterocycles. The summed E-state index contributed by atoms with van der Waals surface area (Å²) in [6, 6.07) is 8.12. The Labute approximate surface area is 104 Å². The Balaban J connectivity index is 2.26. The van der Waals surface area contributed by atoms with Crippen LogP contribution in [0.15, 0.2) is 40.9 Å². The number of ether oxygens (including phenoxy) is 1. The van der Waals surface area contributed by atoms with Gasteiger partial charge in [-0.25, -0.2) is 4.79 Å². The highest BCUT2D eigenvalue weighted by atomic mass is 79.9. The quantitative estimate of drug-likeness (QED) is 0.469. The minimum Gasteiger partial charge on any atom is -0.462 e. The van der Waals surface area contributed by atoms with E-state index in [1.54, 1.807) is 6.92 Å². The summed E-state index contributed by atoms with van der Waals surface area (Å²) in [4.78, 5) is 11.1. The van der Waals surface area contributed by atoms with Crippen molar-refractivity contribution in [3.05, 3.63) is 46.5 Å². The number of hydrogen-bond acceptors (Lipinski definition) is 2. The summed E-state index contributed by atoms with van der Waals surface area (Å²) in [5, 5.41) is 0. The first kappa shape index (κ1) is 13.0. The molecule has 0 N–H and O–H groups in total. The van der Waals surface area contributed by atoms with E-state index < -0.39 is 0 Å². The highest BCUT2D eigenvalue weighted by Crippen LogP contribution is 2.13. The van der Waals surface area contributed by atoms with Gasteiger partial charge in [-0.2, -0.15) is 0 Å². The molecule has 1 rings (SSSR count). The Morgan fingerprint density at radius 1 is 1.50 bits per heavy atom. The van der Waals surface area contributed by atoms with Gasteiger partial charge in [0.2, 0.25) is 0 Å². The number of halogens is 1. The van der Waals surface area contributed by atoms with Gasteiger partial charge in [-0.15, -0.1) is 0 Å². The molecular weight excluding hydrogens is 268 g/mol. The van der Waals surface area contributed by atoms with E-state index in [2.05, 4.69) is 34.6 Å². The second-order valence-corrected chi connectivity index (χ2v) is 4.57. The van der Waals surface area contributed by atoms with E-state index in [0.29, 0.717) is 12.2 Å². The van der Waals surface area contributed by atoms with Crippen LogP contribution >= 0.6 is 15.9 Å². The topological polar surface area (TPSA) is 26.3 Å². The molecule has 0 aliphatic rings. The normalized spacial score (nSPS) is 9.88. The molecule has 0 fully saturated rings. The molecule has 16 heavy (non-hydrogen) atoms. The minimum atomic E-state index is -0.311. The fourth-order valence-corrected chi connectivity index (χ4v) is 1.70. The molecule has 0 amide bonds. The molecular formula is C13H15BrO2. The van der Waals surface area contributed by atoms with Crippen LogP contribution in [0.5, 0.6) is 0 Å². The highest BCUT2D eigenvalue weighted by molar-refractivity contribution is 9.10. The summed E-state index contributed by atoms with van der Waals surface area (Å²) in [6.45, 7) is 5.61. The summed E-state index contributed by atoms with van der Waals surface area (Å²) < 4.78 is 6.08. The predicted octanol–water partition coefficient (Wildman–Crippen LogP) is 3.50. The van der Waals surface area contributed by atoms with Crippen molar-refractivity contribution in [1.29, 1.82) is 0 Å². The van der Waals surface area contributed by atoms with Crippen LogP contribution in [0.4, 0.5) is 0 Å². The maximum absolute atomic E-state index is 11.1. The molecule has 86 valence electrons. The van der Waals surface area contributed by atoms with Gasteiger partial charge in [-0.05, 0) is 37.5 Å². The second-order valence-electron chi connectivity index (χ2n) is 3.65. The molecule has 0 atom stereocenters. The van der Waals surface area contributed by atoms with Crippen molar-refractivity contribution < 1.29 is 9.53 Å². The van der Waals surface area contributed by atoms with Gasteiger partial charge in [0, 0.05) is 10.0 Å². The van der Waals surface area contributed by atoms with Gasteiger partial charge in [-0.1, -0.05) is 34.6 Å². The Hall–Kier alpha value is -1.09. The van der Waals surface area contributed by atoms with Crippen LogP contribution in [-0.2, 0) is 16.0 Å². The molecule has 3 heteroatoms. The number of aryl methyl sites for hydroxylation is 1. The summed E-state index contributed by atoms with van der Waals surface area (Å²) >= 11 is 3.42. The van der Waals surface area contributed by atoms with Crippen LogP contribution in [-0.4, -0.2) is 12.6 Å². The molecule has 1 aromatic carbocycles. The lowest BCUT2D eigenvalue weighted by atomic mass is 10.1. The summed E-state index contributed by atoms with van der Waals surface area (Å²) in [5.74, 6) is -0.311. The number of esters is 1. The Morgan fingerprint density at radius 3 is 2.88 bits per heavy atom. The molecule has 0 bridgehead atoms. The molecule has 0 spiro atoms. The third-order valence-electron chi connectivity index (χ3n) is 2.08. The Morgan fingerprint density at radius 2 is 2.25 bits per heavy atom. The number of carbonyl (C=O) groups is 1. The minimum absolute atomic E-state index is 0.311. The molecule has 0 aliphatic carbocycles. The third-order valence-corrected chi connectivity index (χ3v) is 2.57. The third kappa shape index (κ3) is 4.62. The SMILES string of the molecule is C=C(C)C(=O)OCCCc1cccc(Br)c1. The monoisotopic (exact) mass is 282 g/mol. The van der Waals surface area contributed by atoms with E-state index in [0.717, 1.165) is 17.3 Å². The van der Waals surface area contributed by atoms with Crippen molar-refractivity contribution in [1.82, 2.24) is 0 Å². The molecule has 2 nitrogen and oxygen atoms in total. The predicted molar refractivity (Wildman–Crippen MR) is 68.2 cm³/mol. The van der Waals surface area contributed by atoms with Crippen molar-refractivity contribution in [2.45, 2.75) is 19.8 Å². The van der Waals surface area contributed by atoms with Crippen LogP contribution in [0, 0.1) is 0 Å². The van der Waals surface area contributed by atoms with Crippen LogP contribution in [0.2, 0.25) is 0 Å². The van der Waals surface area contributed by atoms with Crippen LogP contribution in [0.3, 0.4) is 0 Å². The first-order chi connectivity index (χ1) is 7.59. The largest absolute Gasteiger partial charge is 0.462 e. The van der Waals surface area contributed by atoms with Gasteiger partial charge in [0.1, 0.15) is 0 Å². The number of benzene rings is 1. The fourth-order valence-electron chi connectivity index (χ4n) is 1.26. The average Bonchev–Trinajstić information content (AvgIpc) is 2.24. The van der Waals surface area contributed by atoms with E-state index in [-0.39, 0.29) is 5.97 Å². The molecule has 0 aliphatic heterocycles. The number of carbonyl (C=O) groups excluding carboxylic acids is 1. The first-order valence-corrected chi connectivity index (χ1v) is 5.96. The Kier molecular flexibility index (Phi) is 5.26. The van der Waals surface area contributed by atoms with Gasteiger partial charge in [0.05, 0.1) is 6.61 Å². The zero-order valence-corrected chi connectivity index (χ0v) is 10.9. The van der Waals surface area contributed by atoms with Gasteiger partial charge >= 0.3 is 5.97 Å². The van der Waals surface area contributed by atoms with E-state index in [4.69, 9.17) is 4.74 Å². The van der Waals surface area contributed by atoms with Gasteiger partial charge in [0.15, 0.2) is 0 Å². The lowest BCUT2D eigenvalue weighted by molar-refractivity contribution is -0.139. The van der Waals surface area contributed by atoms with Crippen molar-refractivity contribution in [2.24, 2.45) is 0 Å². The Bertz CT molecular complexity index is 385. The van der Waals surface area contributed by atoms with E-state index in [9.17, 15) is 4.79 Å². The molecule has 0 aromatic heterocycles. The molecule has 0 unspecified atom stereocenters. The van der Waals surface area contributed by atoms with Gasteiger partial charge < -0.3 is 4.74 Å².